The Bertz CT molecular complexity index is 599. The lowest BCUT2D eigenvalue weighted by Crippen LogP contribution is -2.37. The molecule has 1 aromatic heterocycles. The summed E-state index contributed by atoms with van der Waals surface area (Å²) in [5, 5.41) is 11.2. The minimum Gasteiger partial charge on any atom is -0.497 e. The average molecular weight is 301 g/mol. The minimum absolute atomic E-state index is 0.528. The predicted molar refractivity (Wildman–Crippen MR) is 83.2 cm³/mol. The average Bonchev–Trinajstić information content (AvgIpc) is 2.61. The molecule has 22 heavy (non-hydrogen) atoms. The van der Waals surface area contributed by atoms with Gasteiger partial charge in [-0.2, -0.15) is 10.1 Å². The third-order valence-corrected chi connectivity index (χ3v) is 3.49. The van der Waals surface area contributed by atoms with Crippen LogP contribution in [0.3, 0.4) is 0 Å². The molecule has 7 nitrogen and oxygen atoms in total. The monoisotopic (exact) mass is 301 g/mol. The van der Waals surface area contributed by atoms with Crippen molar-refractivity contribution in [2.24, 2.45) is 0 Å². The van der Waals surface area contributed by atoms with E-state index in [1.165, 1.54) is 0 Å². The Hall–Kier alpha value is -2.41. The molecule has 0 spiro atoms. The van der Waals surface area contributed by atoms with E-state index in [4.69, 9.17) is 9.47 Å². The first-order valence-electron chi connectivity index (χ1n) is 7.24. The zero-order valence-electron chi connectivity index (χ0n) is 12.5. The second kappa shape index (κ2) is 7.04. The van der Waals surface area contributed by atoms with Gasteiger partial charge >= 0.3 is 0 Å². The summed E-state index contributed by atoms with van der Waals surface area (Å²) in [5.41, 5.74) is 1.13. The van der Waals surface area contributed by atoms with Crippen molar-refractivity contribution < 1.29 is 9.47 Å². The fourth-order valence-corrected chi connectivity index (χ4v) is 2.24. The van der Waals surface area contributed by atoms with E-state index >= 15 is 0 Å². The molecule has 0 saturated carbocycles. The summed E-state index contributed by atoms with van der Waals surface area (Å²) < 4.78 is 10.5. The quantitative estimate of drug-likeness (QED) is 0.893. The van der Waals surface area contributed by atoms with Crippen LogP contribution in [0.2, 0.25) is 0 Å². The van der Waals surface area contributed by atoms with E-state index in [-0.39, 0.29) is 0 Å². The summed E-state index contributed by atoms with van der Waals surface area (Å²) in [5.74, 6) is 2.20. The lowest BCUT2D eigenvalue weighted by Gasteiger charge is -2.27. The maximum absolute atomic E-state index is 5.34. The number of benzene rings is 1. The molecule has 0 bridgehead atoms. The highest BCUT2D eigenvalue weighted by Gasteiger charge is 2.13. The van der Waals surface area contributed by atoms with Gasteiger partial charge in [0, 0.05) is 19.6 Å². The van der Waals surface area contributed by atoms with Crippen LogP contribution in [0.25, 0.3) is 0 Å². The fraction of sp³-hybridized carbons (Fsp3) is 0.400. The van der Waals surface area contributed by atoms with Crippen LogP contribution in [-0.4, -0.2) is 48.6 Å². The Morgan fingerprint density at radius 2 is 2.00 bits per heavy atom. The Balaban J connectivity index is 1.62. The summed E-state index contributed by atoms with van der Waals surface area (Å²) in [7, 11) is 1.66. The normalized spacial score (nSPS) is 14.7. The SMILES string of the molecule is COc1ccc(CNc2nncc(N3CCOCC3)n2)cc1. The van der Waals surface area contributed by atoms with Crippen molar-refractivity contribution in [1.29, 1.82) is 0 Å². The first-order valence-corrected chi connectivity index (χ1v) is 7.24. The van der Waals surface area contributed by atoms with Gasteiger partial charge in [0.25, 0.3) is 0 Å². The van der Waals surface area contributed by atoms with Crippen LogP contribution < -0.4 is 15.0 Å². The van der Waals surface area contributed by atoms with Crippen molar-refractivity contribution in [3.63, 3.8) is 0 Å². The van der Waals surface area contributed by atoms with Crippen molar-refractivity contribution >= 4 is 11.8 Å². The first-order chi connectivity index (χ1) is 10.8. The van der Waals surface area contributed by atoms with Crippen LogP contribution in [0, 0.1) is 0 Å². The highest BCUT2D eigenvalue weighted by Crippen LogP contribution is 2.14. The molecule has 0 amide bonds. The summed E-state index contributed by atoms with van der Waals surface area (Å²) in [6, 6.07) is 7.87. The molecule has 0 radical (unpaired) electrons. The fourth-order valence-electron chi connectivity index (χ4n) is 2.24. The molecule has 3 rings (SSSR count). The van der Waals surface area contributed by atoms with Gasteiger partial charge in [0.1, 0.15) is 5.75 Å². The lowest BCUT2D eigenvalue weighted by atomic mass is 10.2. The van der Waals surface area contributed by atoms with Crippen molar-refractivity contribution in [1.82, 2.24) is 15.2 Å². The van der Waals surface area contributed by atoms with Crippen LogP contribution in [0.15, 0.2) is 30.5 Å². The Kier molecular flexibility index (Phi) is 4.65. The molecule has 2 heterocycles. The number of nitrogens with zero attached hydrogens (tertiary/aromatic N) is 4. The van der Waals surface area contributed by atoms with Crippen LogP contribution >= 0.6 is 0 Å². The zero-order valence-corrected chi connectivity index (χ0v) is 12.5. The number of hydrogen-bond donors (Lipinski definition) is 1. The molecule has 0 unspecified atom stereocenters. The summed E-state index contributed by atoms with van der Waals surface area (Å²) in [4.78, 5) is 6.66. The smallest absolute Gasteiger partial charge is 0.244 e. The van der Waals surface area contributed by atoms with Gasteiger partial charge in [-0.25, -0.2) is 0 Å². The number of nitrogens with one attached hydrogen (secondary N) is 1. The second-order valence-electron chi connectivity index (χ2n) is 4.94. The van der Waals surface area contributed by atoms with Gasteiger partial charge in [-0.05, 0) is 17.7 Å². The van der Waals surface area contributed by atoms with Gasteiger partial charge in [0.05, 0.1) is 26.5 Å². The standard InChI is InChI=1S/C15H19N5O2/c1-21-13-4-2-12(3-5-13)10-16-15-18-14(11-17-19-15)20-6-8-22-9-7-20/h2-5,11H,6-10H2,1H3,(H,16,18,19). The highest BCUT2D eigenvalue weighted by molar-refractivity contribution is 5.41. The third kappa shape index (κ3) is 3.62. The molecule has 7 heteroatoms. The van der Waals surface area contributed by atoms with E-state index in [0.29, 0.717) is 12.5 Å². The van der Waals surface area contributed by atoms with Crippen LogP contribution in [0.4, 0.5) is 11.8 Å². The molecule has 116 valence electrons. The predicted octanol–water partition coefficient (Wildman–Crippen LogP) is 1.33. The van der Waals surface area contributed by atoms with Gasteiger partial charge in [-0.15, -0.1) is 5.10 Å². The molecule has 1 N–H and O–H groups in total. The number of methoxy groups -OCH3 is 1. The van der Waals surface area contributed by atoms with Crippen molar-refractivity contribution in [2.45, 2.75) is 6.54 Å². The third-order valence-electron chi connectivity index (χ3n) is 3.49. The molecule has 1 aliphatic heterocycles. The van der Waals surface area contributed by atoms with Crippen molar-refractivity contribution in [3.8, 4) is 5.75 Å². The Morgan fingerprint density at radius 1 is 1.23 bits per heavy atom. The molecular formula is C15H19N5O2. The number of anilines is 2. The summed E-state index contributed by atoms with van der Waals surface area (Å²) in [6.07, 6.45) is 1.68. The van der Waals surface area contributed by atoms with Gasteiger partial charge < -0.3 is 19.7 Å². The first kappa shape index (κ1) is 14.5. The summed E-state index contributed by atoms with van der Waals surface area (Å²) >= 11 is 0. The molecule has 1 fully saturated rings. The minimum atomic E-state index is 0.528. The van der Waals surface area contributed by atoms with Crippen LogP contribution in [-0.2, 0) is 11.3 Å². The maximum Gasteiger partial charge on any atom is 0.244 e. The van der Waals surface area contributed by atoms with Crippen LogP contribution in [0.1, 0.15) is 5.56 Å². The number of morpholine rings is 1. The Morgan fingerprint density at radius 3 is 2.73 bits per heavy atom. The largest absolute Gasteiger partial charge is 0.497 e. The second-order valence-corrected chi connectivity index (χ2v) is 4.94. The number of ether oxygens (including phenoxy) is 2. The topological polar surface area (TPSA) is 72.4 Å². The number of aromatic nitrogens is 3. The van der Waals surface area contributed by atoms with Gasteiger partial charge in [0.2, 0.25) is 5.95 Å². The lowest BCUT2D eigenvalue weighted by molar-refractivity contribution is 0.122. The van der Waals surface area contributed by atoms with Crippen LogP contribution in [0.5, 0.6) is 5.75 Å². The molecule has 1 aliphatic rings. The molecule has 1 saturated heterocycles. The number of rotatable bonds is 5. The molecule has 1 aromatic carbocycles. The molecule has 2 aromatic rings. The molecular weight excluding hydrogens is 282 g/mol. The molecule has 0 aliphatic carbocycles. The van der Waals surface area contributed by atoms with E-state index in [1.54, 1.807) is 13.3 Å². The zero-order chi connectivity index (χ0) is 15.2. The van der Waals surface area contributed by atoms with E-state index in [0.717, 1.165) is 43.4 Å². The summed E-state index contributed by atoms with van der Waals surface area (Å²) in [6.45, 7) is 3.74. The van der Waals surface area contributed by atoms with Gasteiger partial charge in [-0.3, -0.25) is 0 Å². The van der Waals surface area contributed by atoms with E-state index < -0.39 is 0 Å². The Labute approximate surface area is 129 Å². The van der Waals surface area contributed by atoms with Crippen molar-refractivity contribution in [2.75, 3.05) is 43.6 Å². The van der Waals surface area contributed by atoms with Gasteiger partial charge in [-0.1, -0.05) is 12.1 Å². The van der Waals surface area contributed by atoms with Gasteiger partial charge in [0.15, 0.2) is 5.82 Å². The van der Waals surface area contributed by atoms with E-state index in [2.05, 4.69) is 25.4 Å². The highest BCUT2D eigenvalue weighted by atomic mass is 16.5. The molecule has 0 atom stereocenters. The maximum atomic E-state index is 5.34. The van der Waals surface area contributed by atoms with E-state index in [9.17, 15) is 0 Å². The van der Waals surface area contributed by atoms with Crippen molar-refractivity contribution in [3.05, 3.63) is 36.0 Å². The number of hydrogen-bond acceptors (Lipinski definition) is 7. The van der Waals surface area contributed by atoms with E-state index in [1.807, 2.05) is 24.3 Å².